The highest BCUT2D eigenvalue weighted by molar-refractivity contribution is 5.83. The van der Waals surface area contributed by atoms with E-state index in [1.165, 1.54) is 0 Å². The average molecular weight is 274 g/mol. The molecule has 0 fully saturated rings. The van der Waals surface area contributed by atoms with E-state index in [1.807, 2.05) is 36.6 Å². The van der Waals surface area contributed by atoms with E-state index in [0.29, 0.717) is 12.2 Å². The van der Waals surface area contributed by atoms with Crippen LogP contribution in [-0.2, 0) is 17.8 Å². The Labute approximate surface area is 119 Å². The van der Waals surface area contributed by atoms with Gasteiger partial charge in [0.2, 0.25) is 5.91 Å². The summed E-state index contributed by atoms with van der Waals surface area (Å²) in [6.07, 6.45) is 1.84. The molecule has 2 rings (SSSR count). The zero-order chi connectivity index (χ0) is 14.7. The van der Waals surface area contributed by atoms with Crippen molar-refractivity contribution in [3.63, 3.8) is 0 Å². The van der Waals surface area contributed by atoms with Crippen LogP contribution in [0.5, 0.6) is 0 Å². The Morgan fingerprint density at radius 3 is 2.85 bits per heavy atom. The van der Waals surface area contributed by atoms with Crippen LogP contribution < -0.4 is 11.1 Å². The van der Waals surface area contributed by atoms with E-state index in [2.05, 4.69) is 17.2 Å². The Morgan fingerprint density at radius 2 is 2.20 bits per heavy atom. The third-order valence-corrected chi connectivity index (χ3v) is 3.08. The lowest BCUT2D eigenvalue weighted by Gasteiger charge is -2.11. The Morgan fingerprint density at radius 1 is 1.45 bits per heavy atom. The number of nitrogens with two attached hydrogens (primary N) is 1. The molecule has 2 aromatic rings. The third kappa shape index (κ3) is 3.10. The zero-order valence-electron chi connectivity index (χ0n) is 12.3. The SMILES string of the molecule is CCCc1nc2cc(N)ccc2n1CC(=O)NC(C)C. The van der Waals surface area contributed by atoms with Crippen molar-refractivity contribution in [3.8, 4) is 0 Å². The molecule has 0 aliphatic heterocycles. The van der Waals surface area contributed by atoms with Gasteiger partial charge in [-0.15, -0.1) is 0 Å². The summed E-state index contributed by atoms with van der Waals surface area (Å²) in [5.41, 5.74) is 8.30. The fraction of sp³-hybridized carbons (Fsp3) is 0.467. The van der Waals surface area contributed by atoms with Gasteiger partial charge < -0.3 is 15.6 Å². The molecular formula is C15H22N4O. The van der Waals surface area contributed by atoms with Crippen molar-refractivity contribution in [2.24, 2.45) is 0 Å². The number of nitrogens with one attached hydrogen (secondary N) is 1. The van der Waals surface area contributed by atoms with Crippen molar-refractivity contribution >= 4 is 22.6 Å². The van der Waals surface area contributed by atoms with Gasteiger partial charge in [-0.3, -0.25) is 4.79 Å². The van der Waals surface area contributed by atoms with Crippen LogP contribution in [-0.4, -0.2) is 21.5 Å². The molecule has 0 radical (unpaired) electrons. The van der Waals surface area contributed by atoms with Gasteiger partial charge in [-0.1, -0.05) is 6.92 Å². The minimum atomic E-state index is 0.00785. The fourth-order valence-electron chi connectivity index (χ4n) is 2.30. The molecule has 0 saturated carbocycles. The van der Waals surface area contributed by atoms with Gasteiger partial charge in [0.15, 0.2) is 0 Å². The van der Waals surface area contributed by atoms with Gasteiger partial charge in [-0.2, -0.15) is 0 Å². The van der Waals surface area contributed by atoms with Crippen molar-refractivity contribution in [2.75, 3.05) is 5.73 Å². The number of hydrogen-bond acceptors (Lipinski definition) is 3. The first kappa shape index (κ1) is 14.4. The van der Waals surface area contributed by atoms with Crippen molar-refractivity contribution in [3.05, 3.63) is 24.0 Å². The number of aromatic nitrogens is 2. The van der Waals surface area contributed by atoms with Gasteiger partial charge in [-0.25, -0.2) is 4.98 Å². The van der Waals surface area contributed by atoms with E-state index in [1.54, 1.807) is 0 Å². The van der Waals surface area contributed by atoms with Gasteiger partial charge in [0, 0.05) is 18.2 Å². The summed E-state index contributed by atoms with van der Waals surface area (Å²) in [5, 5.41) is 2.91. The van der Waals surface area contributed by atoms with Crippen molar-refractivity contribution in [1.82, 2.24) is 14.9 Å². The van der Waals surface area contributed by atoms with Crippen molar-refractivity contribution in [1.29, 1.82) is 0 Å². The molecule has 0 aliphatic carbocycles. The molecule has 0 atom stereocenters. The minimum Gasteiger partial charge on any atom is -0.399 e. The first-order valence-electron chi connectivity index (χ1n) is 7.05. The molecule has 5 heteroatoms. The fourth-order valence-corrected chi connectivity index (χ4v) is 2.30. The number of anilines is 1. The number of amides is 1. The molecule has 0 saturated heterocycles. The summed E-state index contributed by atoms with van der Waals surface area (Å²) in [7, 11) is 0. The summed E-state index contributed by atoms with van der Waals surface area (Å²) >= 11 is 0. The van der Waals surface area contributed by atoms with Crippen LogP contribution in [0.15, 0.2) is 18.2 Å². The van der Waals surface area contributed by atoms with Gasteiger partial charge in [0.25, 0.3) is 0 Å². The van der Waals surface area contributed by atoms with Gasteiger partial charge in [-0.05, 0) is 38.5 Å². The average Bonchev–Trinajstić information content (AvgIpc) is 2.66. The second-order valence-corrected chi connectivity index (χ2v) is 5.33. The minimum absolute atomic E-state index is 0.00785. The van der Waals surface area contributed by atoms with Crippen LogP contribution in [0.4, 0.5) is 5.69 Å². The highest BCUT2D eigenvalue weighted by atomic mass is 16.2. The number of benzene rings is 1. The molecule has 5 nitrogen and oxygen atoms in total. The first-order chi connectivity index (χ1) is 9.51. The van der Waals surface area contributed by atoms with E-state index >= 15 is 0 Å². The number of rotatable bonds is 5. The maximum absolute atomic E-state index is 12.0. The van der Waals surface area contributed by atoms with E-state index in [4.69, 9.17) is 5.73 Å². The molecule has 1 amide bonds. The van der Waals surface area contributed by atoms with Crippen LogP contribution in [0.2, 0.25) is 0 Å². The highest BCUT2D eigenvalue weighted by Crippen LogP contribution is 2.20. The van der Waals surface area contributed by atoms with Gasteiger partial charge in [0.1, 0.15) is 12.4 Å². The first-order valence-corrected chi connectivity index (χ1v) is 7.05. The topological polar surface area (TPSA) is 72.9 Å². The summed E-state index contributed by atoms with van der Waals surface area (Å²) < 4.78 is 1.98. The lowest BCUT2D eigenvalue weighted by atomic mass is 10.3. The van der Waals surface area contributed by atoms with Crippen LogP contribution in [0.25, 0.3) is 11.0 Å². The standard InChI is InChI=1S/C15H22N4O/c1-4-5-14-18-12-8-11(16)6-7-13(12)19(14)9-15(20)17-10(2)3/h6-8,10H,4-5,9,16H2,1-3H3,(H,17,20). The molecule has 0 unspecified atom stereocenters. The second kappa shape index (κ2) is 5.94. The number of nitrogen functional groups attached to an aromatic ring is 1. The quantitative estimate of drug-likeness (QED) is 0.820. The largest absolute Gasteiger partial charge is 0.399 e. The smallest absolute Gasteiger partial charge is 0.240 e. The summed E-state index contributed by atoms with van der Waals surface area (Å²) in [4.78, 5) is 16.6. The molecule has 0 bridgehead atoms. The second-order valence-electron chi connectivity index (χ2n) is 5.33. The third-order valence-electron chi connectivity index (χ3n) is 3.08. The normalized spacial score (nSPS) is 11.2. The lowest BCUT2D eigenvalue weighted by Crippen LogP contribution is -2.33. The van der Waals surface area contributed by atoms with Crippen LogP contribution in [0, 0.1) is 0 Å². The zero-order valence-corrected chi connectivity index (χ0v) is 12.3. The monoisotopic (exact) mass is 274 g/mol. The molecule has 3 N–H and O–H groups in total. The number of aryl methyl sites for hydroxylation is 1. The Kier molecular flexibility index (Phi) is 4.27. The summed E-state index contributed by atoms with van der Waals surface area (Å²) in [6, 6.07) is 5.77. The number of fused-ring (bicyclic) bond motifs is 1. The summed E-state index contributed by atoms with van der Waals surface area (Å²) in [5.74, 6) is 0.945. The molecule has 0 spiro atoms. The number of carbonyl (C=O) groups excluding carboxylic acids is 1. The molecule has 1 aromatic carbocycles. The van der Waals surface area contributed by atoms with Crippen LogP contribution >= 0.6 is 0 Å². The number of imidazole rings is 1. The van der Waals surface area contributed by atoms with E-state index in [9.17, 15) is 4.79 Å². The number of carbonyl (C=O) groups is 1. The maximum Gasteiger partial charge on any atom is 0.240 e. The molecule has 1 aromatic heterocycles. The van der Waals surface area contributed by atoms with Crippen molar-refractivity contribution < 1.29 is 4.79 Å². The maximum atomic E-state index is 12.0. The number of hydrogen-bond donors (Lipinski definition) is 2. The van der Waals surface area contributed by atoms with E-state index in [0.717, 1.165) is 29.7 Å². The molecular weight excluding hydrogens is 252 g/mol. The lowest BCUT2D eigenvalue weighted by molar-refractivity contribution is -0.122. The predicted octanol–water partition coefficient (Wildman–Crippen LogP) is 2.10. The number of nitrogens with zero attached hydrogens (tertiary/aromatic N) is 2. The van der Waals surface area contributed by atoms with E-state index in [-0.39, 0.29) is 11.9 Å². The molecule has 20 heavy (non-hydrogen) atoms. The van der Waals surface area contributed by atoms with Crippen LogP contribution in [0.1, 0.15) is 33.0 Å². The van der Waals surface area contributed by atoms with E-state index < -0.39 is 0 Å². The Hall–Kier alpha value is -2.04. The Balaban J connectivity index is 2.38. The van der Waals surface area contributed by atoms with Gasteiger partial charge >= 0.3 is 0 Å². The van der Waals surface area contributed by atoms with Crippen LogP contribution in [0.3, 0.4) is 0 Å². The molecule has 108 valence electrons. The highest BCUT2D eigenvalue weighted by Gasteiger charge is 2.13. The van der Waals surface area contributed by atoms with Gasteiger partial charge in [0.05, 0.1) is 11.0 Å². The van der Waals surface area contributed by atoms with Crippen molar-refractivity contribution in [2.45, 2.75) is 46.2 Å². The summed E-state index contributed by atoms with van der Waals surface area (Å²) in [6.45, 7) is 6.31. The predicted molar refractivity (Wildman–Crippen MR) is 81.4 cm³/mol. The molecule has 0 aliphatic rings. The molecule has 1 heterocycles. The Bertz CT molecular complexity index is 616.